The Balaban J connectivity index is 2.19. The van der Waals surface area contributed by atoms with Gasteiger partial charge in [0.1, 0.15) is 18.2 Å². The Hall–Kier alpha value is -1.53. The third-order valence-electron chi connectivity index (χ3n) is 2.95. The van der Waals surface area contributed by atoms with Crippen LogP contribution in [0.5, 0.6) is 5.75 Å². The Labute approximate surface area is 128 Å². The molecule has 0 bridgehead atoms. The maximum atomic E-state index is 13.8. The second-order valence-corrected chi connectivity index (χ2v) is 5.33. The molecule has 0 aliphatic heterocycles. The van der Waals surface area contributed by atoms with Crippen molar-refractivity contribution in [3.63, 3.8) is 0 Å². The minimum absolute atomic E-state index is 0.104. The Kier molecular flexibility index (Phi) is 4.90. The highest BCUT2D eigenvalue weighted by atomic mass is 79.9. The minimum atomic E-state index is -0.812. The van der Waals surface area contributed by atoms with Gasteiger partial charge in [-0.15, -0.1) is 0 Å². The first-order chi connectivity index (χ1) is 9.90. The molecule has 0 fully saturated rings. The number of hydrogen-bond donors (Lipinski definition) is 1. The zero-order valence-electron chi connectivity index (χ0n) is 11.0. The Morgan fingerprint density at radius 3 is 2.48 bits per heavy atom. The van der Waals surface area contributed by atoms with Gasteiger partial charge in [0.25, 0.3) is 0 Å². The van der Waals surface area contributed by atoms with Gasteiger partial charge in [-0.25, -0.2) is 13.2 Å². The summed E-state index contributed by atoms with van der Waals surface area (Å²) < 4.78 is 46.3. The third-order valence-corrected chi connectivity index (χ3v) is 3.56. The second kappa shape index (κ2) is 6.49. The lowest BCUT2D eigenvalue weighted by atomic mass is 10.1. The summed E-state index contributed by atoms with van der Waals surface area (Å²) >= 11 is 2.95. The van der Waals surface area contributed by atoms with Crippen molar-refractivity contribution < 1.29 is 23.0 Å². The highest BCUT2D eigenvalue weighted by Gasteiger charge is 2.14. The van der Waals surface area contributed by atoms with Crippen LogP contribution in [0.25, 0.3) is 0 Å². The molecule has 112 valence electrons. The SMILES string of the molecule is CC(O)c1ccc(OCc2c(F)ccc(Br)c2F)c(F)c1. The summed E-state index contributed by atoms with van der Waals surface area (Å²) in [7, 11) is 0. The van der Waals surface area contributed by atoms with Crippen molar-refractivity contribution >= 4 is 15.9 Å². The maximum Gasteiger partial charge on any atom is 0.165 e. The lowest BCUT2D eigenvalue weighted by Gasteiger charge is -2.11. The van der Waals surface area contributed by atoms with E-state index in [1.807, 2.05) is 0 Å². The van der Waals surface area contributed by atoms with Crippen molar-refractivity contribution in [2.75, 3.05) is 0 Å². The number of rotatable bonds is 4. The molecule has 1 unspecified atom stereocenters. The van der Waals surface area contributed by atoms with Gasteiger partial charge in [-0.3, -0.25) is 0 Å². The highest BCUT2D eigenvalue weighted by Crippen LogP contribution is 2.26. The lowest BCUT2D eigenvalue weighted by molar-refractivity contribution is 0.198. The van der Waals surface area contributed by atoms with Crippen LogP contribution in [-0.2, 0) is 6.61 Å². The van der Waals surface area contributed by atoms with E-state index >= 15 is 0 Å². The van der Waals surface area contributed by atoms with Crippen molar-refractivity contribution in [1.29, 1.82) is 0 Å². The summed E-state index contributed by atoms with van der Waals surface area (Å²) in [5.74, 6) is -2.39. The zero-order valence-corrected chi connectivity index (χ0v) is 12.6. The van der Waals surface area contributed by atoms with Crippen LogP contribution in [0, 0.1) is 17.5 Å². The van der Waals surface area contributed by atoms with Crippen LogP contribution in [0.2, 0.25) is 0 Å². The summed E-state index contributed by atoms with van der Waals surface area (Å²) in [6.45, 7) is 1.06. The number of aliphatic hydroxyl groups excluding tert-OH is 1. The Morgan fingerprint density at radius 2 is 1.86 bits per heavy atom. The normalized spacial score (nSPS) is 12.3. The van der Waals surface area contributed by atoms with E-state index in [1.165, 1.54) is 25.1 Å². The van der Waals surface area contributed by atoms with Crippen LogP contribution in [0.1, 0.15) is 24.2 Å². The minimum Gasteiger partial charge on any atom is -0.486 e. The van der Waals surface area contributed by atoms with Gasteiger partial charge >= 0.3 is 0 Å². The molecule has 1 atom stereocenters. The second-order valence-electron chi connectivity index (χ2n) is 4.48. The van der Waals surface area contributed by atoms with Crippen molar-refractivity contribution in [2.45, 2.75) is 19.6 Å². The molecular formula is C15H12BrF3O2. The number of ether oxygens (including phenoxy) is 1. The van der Waals surface area contributed by atoms with Gasteiger partial charge in [-0.1, -0.05) is 6.07 Å². The third kappa shape index (κ3) is 3.57. The molecule has 0 aromatic heterocycles. The first-order valence-corrected chi connectivity index (χ1v) is 6.92. The maximum absolute atomic E-state index is 13.8. The van der Waals surface area contributed by atoms with Gasteiger partial charge in [-0.2, -0.15) is 0 Å². The monoisotopic (exact) mass is 360 g/mol. The number of halogens is 4. The predicted octanol–water partition coefficient (Wildman–Crippen LogP) is 4.50. The standard InChI is InChI=1S/C15H12BrF3O2/c1-8(20)9-2-5-14(13(18)6-9)21-7-10-12(17)4-3-11(16)15(10)19/h2-6,8,20H,7H2,1H3. The average molecular weight is 361 g/mol. The van der Waals surface area contributed by atoms with E-state index in [4.69, 9.17) is 4.74 Å². The fourth-order valence-corrected chi connectivity index (χ4v) is 2.12. The van der Waals surface area contributed by atoms with Crippen LogP contribution >= 0.6 is 15.9 Å². The summed E-state index contributed by atoms with van der Waals surface area (Å²) in [5.41, 5.74) is 0.100. The van der Waals surface area contributed by atoms with Crippen molar-refractivity contribution in [2.24, 2.45) is 0 Å². The molecule has 0 saturated carbocycles. The summed E-state index contributed by atoms with van der Waals surface area (Å²) in [5, 5.41) is 9.34. The van der Waals surface area contributed by atoms with Crippen LogP contribution < -0.4 is 4.74 Å². The van der Waals surface area contributed by atoms with Gasteiger partial charge in [-0.05, 0) is 52.7 Å². The van der Waals surface area contributed by atoms with Gasteiger partial charge < -0.3 is 9.84 Å². The molecule has 0 spiro atoms. The van der Waals surface area contributed by atoms with E-state index in [9.17, 15) is 18.3 Å². The van der Waals surface area contributed by atoms with Crippen molar-refractivity contribution in [3.05, 3.63) is 63.4 Å². The molecule has 0 heterocycles. The molecule has 1 N–H and O–H groups in total. The molecule has 0 aliphatic rings. The van der Waals surface area contributed by atoms with E-state index < -0.39 is 30.2 Å². The largest absolute Gasteiger partial charge is 0.486 e. The van der Waals surface area contributed by atoms with E-state index in [0.717, 1.165) is 12.1 Å². The molecule has 2 aromatic carbocycles. The molecule has 0 aliphatic carbocycles. The molecule has 0 saturated heterocycles. The molecule has 6 heteroatoms. The molecule has 21 heavy (non-hydrogen) atoms. The zero-order chi connectivity index (χ0) is 15.6. The molecule has 2 aromatic rings. The average Bonchev–Trinajstić information content (AvgIpc) is 2.44. The smallest absolute Gasteiger partial charge is 0.165 e. The lowest BCUT2D eigenvalue weighted by Crippen LogP contribution is -2.04. The first kappa shape index (κ1) is 15.9. The molecule has 0 amide bonds. The molecule has 2 rings (SSSR count). The van der Waals surface area contributed by atoms with Crippen molar-refractivity contribution in [3.8, 4) is 5.75 Å². The van der Waals surface area contributed by atoms with Gasteiger partial charge in [0, 0.05) is 0 Å². The summed E-state index contributed by atoms with van der Waals surface area (Å²) in [4.78, 5) is 0. The molecular weight excluding hydrogens is 349 g/mol. The van der Waals surface area contributed by atoms with E-state index in [1.54, 1.807) is 0 Å². The first-order valence-electron chi connectivity index (χ1n) is 6.13. The number of aliphatic hydroxyl groups is 1. The van der Waals surface area contributed by atoms with Crippen LogP contribution in [0.15, 0.2) is 34.8 Å². The Bertz CT molecular complexity index is 660. The van der Waals surface area contributed by atoms with Gasteiger partial charge in [0.15, 0.2) is 11.6 Å². The Morgan fingerprint density at radius 1 is 1.14 bits per heavy atom. The van der Waals surface area contributed by atoms with Gasteiger partial charge in [0.2, 0.25) is 0 Å². The topological polar surface area (TPSA) is 29.5 Å². The summed E-state index contributed by atoms with van der Waals surface area (Å²) in [6.07, 6.45) is -0.812. The molecule has 2 nitrogen and oxygen atoms in total. The fraction of sp³-hybridized carbons (Fsp3) is 0.200. The molecule has 0 radical (unpaired) electrons. The van der Waals surface area contributed by atoms with Crippen LogP contribution in [-0.4, -0.2) is 5.11 Å². The van der Waals surface area contributed by atoms with Crippen LogP contribution in [0.3, 0.4) is 0 Å². The quantitative estimate of drug-likeness (QED) is 0.813. The van der Waals surface area contributed by atoms with E-state index in [-0.39, 0.29) is 15.8 Å². The number of benzene rings is 2. The summed E-state index contributed by atoms with van der Waals surface area (Å²) in [6, 6.07) is 6.25. The van der Waals surface area contributed by atoms with Crippen LogP contribution in [0.4, 0.5) is 13.2 Å². The number of hydrogen-bond acceptors (Lipinski definition) is 2. The highest BCUT2D eigenvalue weighted by molar-refractivity contribution is 9.10. The van der Waals surface area contributed by atoms with Crippen molar-refractivity contribution in [1.82, 2.24) is 0 Å². The fourth-order valence-electron chi connectivity index (χ4n) is 1.75. The van der Waals surface area contributed by atoms with E-state index in [0.29, 0.717) is 5.56 Å². The van der Waals surface area contributed by atoms with Gasteiger partial charge in [0.05, 0.1) is 16.1 Å². The van der Waals surface area contributed by atoms with E-state index in [2.05, 4.69) is 15.9 Å². The predicted molar refractivity (Wildman–Crippen MR) is 75.4 cm³/mol.